The standard InChI is InChI=1S/C12H15FO2/c1-2-3-10(8-12(14)15)9-4-6-11(13)7-5-9/h4-7,10H,2-3,8H2,1H3,(H,14,15)/t10-/m1/s1. The molecule has 0 aromatic heterocycles. The molecular weight excluding hydrogens is 195 g/mol. The van der Waals surface area contributed by atoms with Gasteiger partial charge in [-0.1, -0.05) is 25.5 Å². The zero-order valence-corrected chi connectivity index (χ0v) is 8.74. The number of carboxylic acids is 1. The van der Waals surface area contributed by atoms with Crippen molar-refractivity contribution in [2.45, 2.75) is 32.1 Å². The Morgan fingerprint density at radius 2 is 2.00 bits per heavy atom. The van der Waals surface area contributed by atoms with Crippen molar-refractivity contribution in [3.63, 3.8) is 0 Å². The van der Waals surface area contributed by atoms with Gasteiger partial charge in [0.2, 0.25) is 0 Å². The third kappa shape index (κ3) is 3.70. The Labute approximate surface area is 88.7 Å². The van der Waals surface area contributed by atoms with Crippen molar-refractivity contribution in [3.05, 3.63) is 35.6 Å². The van der Waals surface area contributed by atoms with Crippen LogP contribution in [0.25, 0.3) is 0 Å². The number of benzene rings is 1. The van der Waals surface area contributed by atoms with Gasteiger partial charge < -0.3 is 5.11 Å². The Balaban J connectivity index is 2.78. The Morgan fingerprint density at radius 3 is 2.47 bits per heavy atom. The number of hydrogen-bond acceptors (Lipinski definition) is 1. The minimum atomic E-state index is -0.808. The van der Waals surface area contributed by atoms with Crippen molar-refractivity contribution in [2.75, 3.05) is 0 Å². The highest BCUT2D eigenvalue weighted by Gasteiger charge is 2.14. The maximum atomic E-state index is 12.7. The van der Waals surface area contributed by atoms with Crippen LogP contribution in [0.1, 0.15) is 37.7 Å². The van der Waals surface area contributed by atoms with Crippen LogP contribution >= 0.6 is 0 Å². The summed E-state index contributed by atoms with van der Waals surface area (Å²) in [6.07, 6.45) is 1.85. The van der Waals surface area contributed by atoms with Crippen molar-refractivity contribution in [3.8, 4) is 0 Å². The van der Waals surface area contributed by atoms with Crippen LogP contribution in [0.2, 0.25) is 0 Å². The fourth-order valence-electron chi connectivity index (χ4n) is 1.68. The lowest BCUT2D eigenvalue weighted by molar-refractivity contribution is -0.137. The smallest absolute Gasteiger partial charge is 0.303 e. The van der Waals surface area contributed by atoms with E-state index in [2.05, 4.69) is 0 Å². The van der Waals surface area contributed by atoms with E-state index < -0.39 is 5.97 Å². The molecule has 0 saturated heterocycles. The molecule has 1 aromatic carbocycles. The molecule has 1 atom stereocenters. The molecule has 1 N–H and O–H groups in total. The first-order chi connectivity index (χ1) is 7.13. The van der Waals surface area contributed by atoms with Crippen LogP contribution in [0.15, 0.2) is 24.3 Å². The number of rotatable bonds is 5. The molecule has 2 nitrogen and oxygen atoms in total. The molecule has 1 aromatic rings. The normalized spacial score (nSPS) is 12.4. The van der Waals surface area contributed by atoms with Crippen molar-refractivity contribution in [1.82, 2.24) is 0 Å². The van der Waals surface area contributed by atoms with E-state index in [0.717, 1.165) is 18.4 Å². The van der Waals surface area contributed by atoms with E-state index in [0.29, 0.717) is 0 Å². The molecule has 0 heterocycles. The van der Waals surface area contributed by atoms with E-state index in [-0.39, 0.29) is 18.2 Å². The van der Waals surface area contributed by atoms with Crippen LogP contribution in [0.4, 0.5) is 4.39 Å². The molecule has 0 amide bonds. The average molecular weight is 210 g/mol. The molecule has 0 saturated carbocycles. The lowest BCUT2D eigenvalue weighted by Gasteiger charge is -2.13. The molecule has 82 valence electrons. The molecule has 0 aliphatic rings. The first-order valence-corrected chi connectivity index (χ1v) is 5.10. The van der Waals surface area contributed by atoms with E-state index in [1.807, 2.05) is 6.92 Å². The topological polar surface area (TPSA) is 37.3 Å². The summed E-state index contributed by atoms with van der Waals surface area (Å²) in [6, 6.07) is 6.08. The maximum Gasteiger partial charge on any atom is 0.303 e. The van der Waals surface area contributed by atoms with Gasteiger partial charge in [-0.15, -0.1) is 0 Å². The van der Waals surface area contributed by atoms with Crippen LogP contribution in [0, 0.1) is 5.82 Å². The van der Waals surface area contributed by atoms with E-state index in [1.165, 1.54) is 12.1 Å². The number of carboxylic acid groups (broad SMARTS) is 1. The second-order valence-corrected chi connectivity index (χ2v) is 3.64. The number of carbonyl (C=O) groups is 1. The lowest BCUT2D eigenvalue weighted by Crippen LogP contribution is -2.06. The second kappa shape index (κ2) is 5.49. The summed E-state index contributed by atoms with van der Waals surface area (Å²) in [6.45, 7) is 2.01. The Hall–Kier alpha value is -1.38. The highest BCUT2D eigenvalue weighted by atomic mass is 19.1. The summed E-state index contributed by atoms with van der Waals surface area (Å²) < 4.78 is 12.7. The molecule has 0 spiro atoms. The van der Waals surface area contributed by atoms with Crippen molar-refractivity contribution < 1.29 is 14.3 Å². The number of hydrogen-bond donors (Lipinski definition) is 1. The third-order valence-electron chi connectivity index (χ3n) is 2.40. The Morgan fingerprint density at radius 1 is 1.40 bits per heavy atom. The van der Waals surface area contributed by atoms with Gasteiger partial charge in [0.05, 0.1) is 6.42 Å². The van der Waals surface area contributed by atoms with Gasteiger partial charge in [-0.3, -0.25) is 4.79 Å². The molecule has 0 fully saturated rings. The van der Waals surface area contributed by atoms with Gasteiger partial charge in [-0.05, 0) is 30.0 Å². The predicted molar refractivity (Wildman–Crippen MR) is 56.3 cm³/mol. The SMILES string of the molecule is CCC[C@H](CC(=O)O)c1ccc(F)cc1. The quantitative estimate of drug-likeness (QED) is 0.810. The fourth-order valence-corrected chi connectivity index (χ4v) is 1.68. The van der Waals surface area contributed by atoms with Gasteiger partial charge >= 0.3 is 5.97 Å². The highest BCUT2D eigenvalue weighted by Crippen LogP contribution is 2.24. The number of halogens is 1. The Bertz CT molecular complexity index is 319. The van der Waals surface area contributed by atoms with Gasteiger partial charge in [0, 0.05) is 0 Å². The average Bonchev–Trinajstić information content (AvgIpc) is 2.17. The number of aliphatic carboxylic acids is 1. The predicted octanol–water partition coefficient (Wildman–Crippen LogP) is 3.18. The van der Waals surface area contributed by atoms with E-state index in [4.69, 9.17) is 5.11 Å². The van der Waals surface area contributed by atoms with Crippen molar-refractivity contribution in [2.24, 2.45) is 0 Å². The molecule has 3 heteroatoms. The second-order valence-electron chi connectivity index (χ2n) is 3.64. The van der Waals surface area contributed by atoms with E-state index in [9.17, 15) is 9.18 Å². The van der Waals surface area contributed by atoms with Crippen molar-refractivity contribution >= 4 is 5.97 Å². The largest absolute Gasteiger partial charge is 0.481 e. The fraction of sp³-hybridized carbons (Fsp3) is 0.417. The molecule has 1 rings (SSSR count). The van der Waals surface area contributed by atoms with Gasteiger partial charge in [-0.25, -0.2) is 4.39 Å². The van der Waals surface area contributed by atoms with Crippen LogP contribution in [0.5, 0.6) is 0 Å². The molecular formula is C12H15FO2. The van der Waals surface area contributed by atoms with Crippen molar-refractivity contribution in [1.29, 1.82) is 0 Å². The van der Waals surface area contributed by atoms with Crippen LogP contribution in [-0.2, 0) is 4.79 Å². The van der Waals surface area contributed by atoms with Gasteiger partial charge in [0.1, 0.15) is 5.82 Å². The highest BCUT2D eigenvalue weighted by molar-refractivity contribution is 5.68. The van der Waals surface area contributed by atoms with Gasteiger partial charge in [-0.2, -0.15) is 0 Å². The summed E-state index contributed by atoms with van der Waals surface area (Å²) in [5, 5.41) is 8.75. The lowest BCUT2D eigenvalue weighted by atomic mass is 9.91. The zero-order chi connectivity index (χ0) is 11.3. The zero-order valence-electron chi connectivity index (χ0n) is 8.74. The first kappa shape index (κ1) is 11.7. The van der Waals surface area contributed by atoms with Gasteiger partial charge in [0.25, 0.3) is 0 Å². The summed E-state index contributed by atoms with van der Waals surface area (Å²) in [5.41, 5.74) is 0.903. The maximum absolute atomic E-state index is 12.7. The monoisotopic (exact) mass is 210 g/mol. The first-order valence-electron chi connectivity index (χ1n) is 5.10. The van der Waals surface area contributed by atoms with Crippen LogP contribution in [-0.4, -0.2) is 11.1 Å². The minimum Gasteiger partial charge on any atom is -0.481 e. The molecule has 0 aliphatic carbocycles. The summed E-state index contributed by atoms with van der Waals surface area (Å²) >= 11 is 0. The third-order valence-corrected chi connectivity index (χ3v) is 2.40. The van der Waals surface area contributed by atoms with Crippen LogP contribution < -0.4 is 0 Å². The van der Waals surface area contributed by atoms with E-state index >= 15 is 0 Å². The van der Waals surface area contributed by atoms with Crippen LogP contribution in [0.3, 0.4) is 0 Å². The van der Waals surface area contributed by atoms with E-state index in [1.54, 1.807) is 12.1 Å². The summed E-state index contributed by atoms with van der Waals surface area (Å²) in [4.78, 5) is 10.7. The summed E-state index contributed by atoms with van der Waals surface area (Å²) in [5.74, 6) is -1.10. The summed E-state index contributed by atoms with van der Waals surface area (Å²) in [7, 11) is 0. The Kier molecular flexibility index (Phi) is 4.28. The molecule has 0 aliphatic heterocycles. The molecule has 0 radical (unpaired) electrons. The van der Waals surface area contributed by atoms with Gasteiger partial charge in [0.15, 0.2) is 0 Å². The minimum absolute atomic E-state index is 0.00639. The molecule has 0 unspecified atom stereocenters. The molecule has 0 bridgehead atoms. The molecule has 15 heavy (non-hydrogen) atoms.